The minimum absolute atomic E-state index is 0.00442. The SMILES string of the molecule is CC(C)(C)n1cc(C2(N)CCN(C(=O)C(F)(F)F)CC2)cn1. The predicted molar refractivity (Wildman–Crippen MR) is 75.0 cm³/mol. The number of rotatable bonds is 1. The van der Waals surface area contributed by atoms with Gasteiger partial charge in [-0.2, -0.15) is 18.3 Å². The van der Waals surface area contributed by atoms with Crippen LogP contribution in [0.4, 0.5) is 13.2 Å². The zero-order chi connectivity index (χ0) is 16.8. The Bertz CT molecular complexity index is 551. The zero-order valence-corrected chi connectivity index (χ0v) is 12.9. The largest absolute Gasteiger partial charge is 0.471 e. The molecule has 1 aromatic rings. The Morgan fingerprint density at radius 3 is 2.23 bits per heavy atom. The van der Waals surface area contributed by atoms with Crippen molar-refractivity contribution < 1.29 is 18.0 Å². The van der Waals surface area contributed by atoms with E-state index in [1.54, 1.807) is 10.9 Å². The lowest BCUT2D eigenvalue weighted by Crippen LogP contribution is -2.52. The first-order valence-electron chi connectivity index (χ1n) is 7.14. The number of nitrogens with two attached hydrogens (primary N) is 1. The van der Waals surface area contributed by atoms with E-state index in [1.165, 1.54) is 0 Å². The normalized spacial score (nSPS) is 19.3. The molecule has 2 N–H and O–H groups in total. The third-order valence-electron chi connectivity index (χ3n) is 4.03. The molecule has 0 atom stereocenters. The smallest absolute Gasteiger partial charge is 0.335 e. The summed E-state index contributed by atoms with van der Waals surface area (Å²) < 4.78 is 39.1. The molecule has 2 rings (SSSR count). The summed E-state index contributed by atoms with van der Waals surface area (Å²) in [6.07, 6.45) is -0.769. The Morgan fingerprint density at radius 1 is 1.27 bits per heavy atom. The summed E-state index contributed by atoms with van der Waals surface area (Å²) in [5, 5.41) is 4.28. The van der Waals surface area contributed by atoms with Gasteiger partial charge in [-0.1, -0.05) is 0 Å². The lowest BCUT2D eigenvalue weighted by Gasteiger charge is -2.39. The molecule has 8 heteroatoms. The molecule has 0 aromatic carbocycles. The van der Waals surface area contributed by atoms with Crippen LogP contribution >= 0.6 is 0 Å². The zero-order valence-electron chi connectivity index (χ0n) is 12.9. The van der Waals surface area contributed by atoms with E-state index in [9.17, 15) is 18.0 Å². The van der Waals surface area contributed by atoms with Crippen molar-refractivity contribution in [3.05, 3.63) is 18.0 Å². The molecule has 22 heavy (non-hydrogen) atoms. The summed E-state index contributed by atoms with van der Waals surface area (Å²) in [7, 11) is 0. The van der Waals surface area contributed by atoms with E-state index in [1.807, 2.05) is 27.0 Å². The van der Waals surface area contributed by atoms with Crippen molar-refractivity contribution >= 4 is 5.91 Å². The van der Waals surface area contributed by atoms with Crippen molar-refractivity contribution in [1.82, 2.24) is 14.7 Å². The molecule has 1 saturated heterocycles. The molecule has 1 aliphatic heterocycles. The van der Waals surface area contributed by atoms with Crippen molar-refractivity contribution in [2.75, 3.05) is 13.1 Å². The fourth-order valence-corrected chi connectivity index (χ4v) is 2.52. The number of likely N-dealkylation sites (tertiary alicyclic amines) is 1. The standard InChI is InChI=1S/C14H21F3N4O/c1-12(2,3)21-9-10(8-19-21)13(18)4-6-20(7-5-13)11(22)14(15,16)17/h8-9H,4-7,18H2,1-3H3. The van der Waals surface area contributed by atoms with Crippen molar-refractivity contribution in [3.63, 3.8) is 0 Å². The van der Waals surface area contributed by atoms with Gasteiger partial charge in [0.2, 0.25) is 0 Å². The van der Waals surface area contributed by atoms with Crippen LogP contribution in [-0.2, 0) is 15.9 Å². The number of piperidine rings is 1. The molecule has 5 nitrogen and oxygen atoms in total. The van der Waals surface area contributed by atoms with E-state index in [0.717, 1.165) is 10.5 Å². The van der Waals surface area contributed by atoms with E-state index in [4.69, 9.17) is 5.73 Å². The highest BCUT2D eigenvalue weighted by molar-refractivity contribution is 5.82. The number of nitrogens with zero attached hydrogens (tertiary/aromatic N) is 3. The van der Waals surface area contributed by atoms with Gasteiger partial charge >= 0.3 is 12.1 Å². The number of alkyl halides is 3. The highest BCUT2D eigenvalue weighted by Crippen LogP contribution is 2.32. The van der Waals surface area contributed by atoms with E-state index in [0.29, 0.717) is 0 Å². The maximum Gasteiger partial charge on any atom is 0.471 e. The van der Waals surface area contributed by atoms with Gasteiger partial charge in [0.05, 0.1) is 11.7 Å². The number of carbonyl (C=O) groups is 1. The molecular formula is C14H21F3N4O. The van der Waals surface area contributed by atoms with Crippen LogP contribution in [0.1, 0.15) is 39.2 Å². The molecule has 1 fully saturated rings. The molecular weight excluding hydrogens is 297 g/mol. The van der Waals surface area contributed by atoms with Crippen LogP contribution in [-0.4, -0.2) is 39.9 Å². The molecule has 0 saturated carbocycles. The summed E-state index contributed by atoms with van der Waals surface area (Å²) in [4.78, 5) is 12.1. The average Bonchev–Trinajstić information content (AvgIpc) is 2.88. The van der Waals surface area contributed by atoms with Gasteiger partial charge in [0.15, 0.2) is 0 Å². The van der Waals surface area contributed by atoms with Crippen molar-refractivity contribution in [3.8, 4) is 0 Å². The van der Waals surface area contributed by atoms with Gasteiger partial charge < -0.3 is 10.6 Å². The average molecular weight is 318 g/mol. The molecule has 0 aliphatic carbocycles. The lowest BCUT2D eigenvalue weighted by molar-refractivity contribution is -0.186. The van der Waals surface area contributed by atoms with Crippen LogP contribution < -0.4 is 5.73 Å². The summed E-state index contributed by atoms with van der Waals surface area (Å²) in [5.41, 5.74) is 6.19. The van der Waals surface area contributed by atoms with E-state index < -0.39 is 17.6 Å². The summed E-state index contributed by atoms with van der Waals surface area (Å²) in [6.45, 7) is 5.98. The second-order valence-electron chi connectivity index (χ2n) is 6.79. The lowest BCUT2D eigenvalue weighted by atomic mass is 9.83. The third-order valence-corrected chi connectivity index (χ3v) is 4.03. The number of hydrogen-bond donors (Lipinski definition) is 1. The van der Waals surface area contributed by atoms with Gasteiger partial charge in [0.1, 0.15) is 0 Å². The maximum absolute atomic E-state index is 12.4. The second kappa shape index (κ2) is 5.26. The third kappa shape index (κ3) is 3.26. The molecule has 0 radical (unpaired) electrons. The van der Waals surface area contributed by atoms with E-state index in [2.05, 4.69) is 5.10 Å². The molecule has 0 spiro atoms. The van der Waals surface area contributed by atoms with Crippen LogP contribution in [0.25, 0.3) is 0 Å². The van der Waals surface area contributed by atoms with Gasteiger partial charge in [-0.3, -0.25) is 9.48 Å². The Balaban J connectivity index is 2.09. The van der Waals surface area contributed by atoms with Crippen molar-refractivity contribution in [1.29, 1.82) is 0 Å². The molecule has 0 unspecified atom stereocenters. The Hall–Kier alpha value is -1.57. The molecule has 2 heterocycles. The Labute approximate surface area is 127 Å². The van der Waals surface area contributed by atoms with Crippen LogP contribution in [0, 0.1) is 0 Å². The first-order valence-corrected chi connectivity index (χ1v) is 7.14. The minimum atomic E-state index is -4.83. The van der Waals surface area contributed by atoms with Gasteiger partial charge in [-0.05, 0) is 33.6 Å². The fourth-order valence-electron chi connectivity index (χ4n) is 2.52. The Morgan fingerprint density at radius 2 is 1.82 bits per heavy atom. The molecule has 1 amide bonds. The predicted octanol–water partition coefficient (Wildman–Crippen LogP) is 1.98. The molecule has 1 aliphatic rings. The van der Waals surface area contributed by atoms with Crippen LogP contribution in [0.5, 0.6) is 0 Å². The fraction of sp³-hybridized carbons (Fsp3) is 0.714. The van der Waals surface area contributed by atoms with Gasteiger partial charge in [0.25, 0.3) is 0 Å². The molecule has 124 valence electrons. The van der Waals surface area contributed by atoms with Crippen molar-refractivity contribution in [2.45, 2.75) is 50.9 Å². The van der Waals surface area contributed by atoms with E-state index >= 15 is 0 Å². The topological polar surface area (TPSA) is 64.2 Å². The van der Waals surface area contributed by atoms with Crippen LogP contribution in [0.15, 0.2) is 12.4 Å². The summed E-state index contributed by atoms with van der Waals surface area (Å²) >= 11 is 0. The number of carbonyl (C=O) groups excluding carboxylic acids is 1. The van der Waals surface area contributed by atoms with Gasteiger partial charge in [-0.15, -0.1) is 0 Å². The highest BCUT2D eigenvalue weighted by atomic mass is 19.4. The van der Waals surface area contributed by atoms with Gasteiger partial charge in [0, 0.05) is 30.4 Å². The van der Waals surface area contributed by atoms with Crippen molar-refractivity contribution in [2.24, 2.45) is 5.73 Å². The quantitative estimate of drug-likeness (QED) is 0.861. The number of aromatic nitrogens is 2. The number of hydrogen-bond acceptors (Lipinski definition) is 3. The maximum atomic E-state index is 12.4. The first kappa shape index (κ1) is 16.8. The molecule has 0 bridgehead atoms. The summed E-state index contributed by atoms with van der Waals surface area (Å²) in [6, 6.07) is 0. The first-order chi connectivity index (χ1) is 9.93. The monoisotopic (exact) mass is 318 g/mol. The van der Waals surface area contributed by atoms with Crippen LogP contribution in [0.2, 0.25) is 0 Å². The second-order valence-corrected chi connectivity index (χ2v) is 6.79. The van der Waals surface area contributed by atoms with E-state index in [-0.39, 0.29) is 31.5 Å². The van der Waals surface area contributed by atoms with Gasteiger partial charge in [-0.25, -0.2) is 0 Å². The summed E-state index contributed by atoms with van der Waals surface area (Å²) in [5.74, 6) is -1.79. The highest BCUT2D eigenvalue weighted by Gasteiger charge is 2.45. The number of halogens is 3. The number of amides is 1. The minimum Gasteiger partial charge on any atom is -0.335 e. The molecule has 1 aromatic heterocycles. The Kier molecular flexibility index (Phi) is 4.01. The van der Waals surface area contributed by atoms with Crippen LogP contribution in [0.3, 0.4) is 0 Å².